The Bertz CT molecular complexity index is 1230. The Hall–Kier alpha value is -3.51. The monoisotopic (exact) mass is 428 g/mol. The molecule has 6 heteroatoms. The molecule has 5 rings (SSSR count). The van der Waals surface area contributed by atoms with E-state index in [2.05, 4.69) is 39.5 Å². The third-order valence-electron chi connectivity index (χ3n) is 6.04. The first kappa shape index (κ1) is 20.4. The summed E-state index contributed by atoms with van der Waals surface area (Å²) >= 11 is 0. The lowest BCUT2D eigenvalue weighted by Crippen LogP contribution is -2.44. The van der Waals surface area contributed by atoms with E-state index < -0.39 is 0 Å². The van der Waals surface area contributed by atoms with E-state index in [0.29, 0.717) is 16.9 Å². The molecule has 3 heterocycles. The van der Waals surface area contributed by atoms with Crippen LogP contribution in [0.2, 0.25) is 0 Å². The molecule has 5 nitrogen and oxygen atoms in total. The summed E-state index contributed by atoms with van der Waals surface area (Å²) in [6, 6.07) is 20.9. The van der Waals surface area contributed by atoms with Crippen LogP contribution in [0.25, 0.3) is 16.8 Å². The van der Waals surface area contributed by atoms with Gasteiger partial charge in [-0.3, -0.25) is 9.69 Å². The Morgan fingerprint density at radius 3 is 2.50 bits per heavy atom. The van der Waals surface area contributed by atoms with Gasteiger partial charge < -0.3 is 9.72 Å². The molecule has 0 radical (unpaired) electrons. The zero-order valence-electron chi connectivity index (χ0n) is 17.7. The lowest BCUT2D eigenvalue weighted by atomic mass is 10.0. The van der Waals surface area contributed by atoms with Crippen molar-refractivity contribution in [1.29, 1.82) is 0 Å². The quantitative estimate of drug-likeness (QED) is 0.508. The standard InChI is InChI=1S/C26H25FN4O/c27-23-9-5-4-8-22(23)20-10-11-25-29-24(18-31(25)17-20)26(32)28-21-12-14-30(15-13-21)16-19-6-2-1-3-7-19/h1-11,17-18,21H,12-16H2,(H,28,32). The number of nitrogens with zero attached hydrogens (tertiary/aromatic N) is 3. The summed E-state index contributed by atoms with van der Waals surface area (Å²) in [5, 5.41) is 3.13. The van der Waals surface area contributed by atoms with E-state index in [4.69, 9.17) is 0 Å². The van der Waals surface area contributed by atoms with Crippen LogP contribution in [0.3, 0.4) is 0 Å². The first-order valence-electron chi connectivity index (χ1n) is 11.0. The minimum absolute atomic E-state index is 0.147. The molecule has 4 aromatic rings. The van der Waals surface area contributed by atoms with Crippen molar-refractivity contribution in [1.82, 2.24) is 19.6 Å². The molecule has 1 fully saturated rings. The molecule has 0 atom stereocenters. The van der Waals surface area contributed by atoms with Crippen molar-refractivity contribution < 1.29 is 9.18 Å². The average molecular weight is 429 g/mol. The van der Waals surface area contributed by atoms with Gasteiger partial charge in [0.1, 0.15) is 17.2 Å². The zero-order valence-corrected chi connectivity index (χ0v) is 17.7. The summed E-state index contributed by atoms with van der Waals surface area (Å²) in [4.78, 5) is 19.7. The van der Waals surface area contributed by atoms with Gasteiger partial charge in [0, 0.05) is 49.2 Å². The third-order valence-corrected chi connectivity index (χ3v) is 6.04. The van der Waals surface area contributed by atoms with E-state index in [9.17, 15) is 9.18 Å². The van der Waals surface area contributed by atoms with E-state index in [0.717, 1.165) is 38.0 Å². The highest BCUT2D eigenvalue weighted by atomic mass is 19.1. The Balaban J connectivity index is 1.22. The number of rotatable bonds is 5. The number of carbonyl (C=O) groups is 1. The number of carbonyl (C=O) groups excluding carboxylic acids is 1. The molecule has 0 spiro atoms. The number of nitrogens with one attached hydrogen (secondary N) is 1. The number of imidazole rings is 1. The van der Waals surface area contributed by atoms with Crippen molar-refractivity contribution in [2.75, 3.05) is 13.1 Å². The normalized spacial score (nSPS) is 15.2. The van der Waals surface area contributed by atoms with E-state index in [1.807, 2.05) is 12.1 Å². The number of likely N-dealkylation sites (tertiary alicyclic amines) is 1. The van der Waals surface area contributed by atoms with Gasteiger partial charge in [-0.05, 0) is 36.6 Å². The van der Waals surface area contributed by atoms with Crippen molar-refractivity contribution in [2.45, 2.75) is 25.4 Å². The molecular formula is C26H25FN4O. The second-order valence-corrected chi connectivity index (χ2v) is 8.30. The van der Waals surface area contributed by atoms with Crippen LogP contribution >= 0.6 is 0 Å². The van der Waals surface area contributed by atoms with E-state index in [-0.39, 0.29) is 17.8 Å². The molecule has 1 aliphatic heterocycles. The van der Waals surface area contributed by atoms with Gasteiger partial charge in [-0.15, -0.1) is 0 Å². The van der Waals surface area contributed by atoms with Gasteiger partial charge in [0.2, 0.25) is 0 Å². The number of amides is 1. The van der Waals surface area contributed by atoms with Crippen LogP contribution in [-0.4, -0.2) is 39.3 Å². The number of pyridine rings is 1. The number of aromatic nitrogens is 2. The van der Waals surface area contributed by atoms with Crippen molar-refractivity contribution in [3.8, 4) is 11.1 Å². The molecule has 1 saturated heterocycles. The number of hydrogen-bond acceptors (Lipinski definition) is 3. The summed E-state index contributed by atoms with van der Waals surface area (Å²) in [5.74, 6) is -0.439. The molecule has 1 aliphatic rings. The summed E-state index contributed by atoms with van der Waals surface area (Å²) in [5.41, 5.74) is 3.62. The van der Waals surface area contributed by atoms with Crippen LogP contribution in [0.1, 0.15) is 28.9 Å². The number of fused-ring (bicyclic) bond motifs is 1. The predicted octanol–water partition coefficient (Wildman–Crippen LogP) is 4.53. The molecule has 2 aromatic heterocycles. The molecular weight excluding hydrogens is 403 g/mol. The predicted molar refractivity (Wildman–Crippen MR) is 123 cm³/mol. The SMILES string of the molecule is O=C(NC1CCN(Cc2ccccc2)CC1)c1cn2cc(-c3ccccc3F)ccc2n1. The Morgan fingerprint density at radius 2 is 1.72 bits per heavy atom. The van der Waals surface area contributed by atoms with Gasteiger partial charge in [0.25, 0.3) is 5.91 Å². The highest BCUT2D eigenvalue weighted by Gasteiger charge is 2.22. The summed E-state index contributed by atoms with van der Waals surface area (Å²) in [6.07, 6.45) is 5.35. The van der Waals surface area contributed by atoms with Gasteiger partial charge in [-0.1, -0.05) is 48.5 Å². The molecule has 1 amide bonds. The van der Waals surface area contributed by atoms with Crippen molar-refractivity contribution >= 4 is 11.6 Å². The number of hydrogen-bond donors (Lipinski definition) is 1. The minimum atomic E-state index is -0.275. The first-order chi connectivity index (χ1) is 15.7. The van der Waals surface area contributed by atoms with Crippen LogP contribution in [0.5, 0.6) is 0 Å². The van der Waals surface area contributed by atoms with Crippen LogP contribution < -0.4 is 5.32 Å². The number of piperidine rings is 1. The minimum Gasteiger partial charge on any atom is -0.348 e. The lowest BCUT2D eigenvalue weighted by Gasteiger charge is -2.32. The van der Waals surface area contributed by atoms with Gasteiger partial charge in [0.15, 0.2) is 0 Å². The van der Waals surface area contributed by atoms with Crippen LogP contribution in [0.15, 0.2) is 79.1 Å². The maximum Gasteiger partial charge on any atom is 0.271 e. The van der Waals surface area contributed by atoms with Gasteiger partial charge in [-0.2, -0.15) is 0 Å². The molecule has 0 bridgehead atoms. The van der Waals surface area contributed by atoms with Gasteiger partial charge in [0.05, 0.1) is 0 Å². The molecule has 2 aromatic carbocycles. The Morgan fingerprint density at radius 1 is 0.969 bits per heavy atom. The fourth-order valence-corrected chi connectivity index (χ4v) is 4.29. The van der Waals surface area contributed by atoms with E-state index in [1.165, 1.54) is 11.6 Å². The number of benzene rings is 2. The molecule has 0 aliphatic carbocycles. The fourth-order valence-electron chi connectivity index (χ4n) is 4.29. The largest absolute Gasteiger partial charge is 0.348 e. The van der Waals surface area contributed by atoms with Crippen molar-refractivity contribution in [3.05, 3.63) is 96.2 Å². The molecule has 0 unspecified atom stereocenters. The lowest BCUT2D eigenvalue weighted by molar-refractivity contribution is 0.0904. The Kier molecular flexibility index (Phi) is 5.69. The van der Waals surface area contributed by atoms with Crippen LogP contribution in [0, 0.1) is 5.82 Å². The van der Waals surface area contributed by atoms with Gasteiger partial charge in [-0.25, -0.2) is 9.37 Å². The maximum absolute atomic E-state index is 14.1. The summed E-state index contributed by atoms with van der Waals surface area (Å²) < 4.78 is 15.9. The molecule has 32 heavy (non-hydrogen) atoms. The van der Waals surface area contributed by atoms with E-state index in [1.54, 1.807) is 41.1 Å². The smallest absolute Gasteiger partial charge is 0.271 e. The third kappa shape index (κ3) is 4.41. The second-order valence-electron chi connectivity index (χ2n) is 8.30. The fraction of sp³-hybridized carbons (Fsp3) is 0.231. The second kappa shape index (κ2) is 8.93. The highest BCUT2D eigenvalue weighted by Crippen LogP contribution is 2.23. The van der Waals surface area contributed by atoms with Crippen LogP contribution in [-0.2, 0) is 6.54 Å². The van der Waals surface area contributed by atoms with E-state index >= 15 is 0 Å². The highest BCUT2D eigenvalue weighted by molar-refractivity contribution is 5.93. The van der Waals surface area contributed by atoms with Crippen molar-refractivity contribution in [2.24, 2.45) is 0 Å². The molecule has 1 N–H and O–H groups in total. The number of halogens is 1. The van der Waals surface area contributed by atoms with Crippen molar-refractivity contribution in [3.63, 3.8) is 0 Å². The summed E-state index contributed by atoms with van der Waals surface area (Å²) in [6.45, 7) is 2.85. The molecule has 0 saturated carbocycles. The molecule has 162 valence electrons. The average Bonchev–Trinajstić information content (AvgIpc) is 3.25. The van der Waals surface area contributed by atoms with Gasteiger partial charge >= 0.3 is 0 Å². The Labute approximate surface area is 186 Å². The summed E-state index contributed by atoms with van der Waals surface area (Å²) in [7, 11) is 0. The zero-order chi connectivity index (χ0) is 21.9. The van der Waals surface area contributed by atoms with Crippen LogP contribution in [0.4, 0.5) is 4.39 Å². The topological polar surface area (TPSA) is 49.6 Å². The maximum atomic E-state index is 14.1. The first-order valence-corrected chi connectivity index (χ1v) is 11.0.